The Bertz CT molecular complexity index is 805. The standard InChI is InChI=1S/C19H28N4O2S2/c1-4-20-19(23-16(3)15(2)17-9-6-5-7-10-17)21-12-13-22-27(24,25)18-11-8-14-26-18/h5-11,14-16,22H,4,12-13H2,1-3H3,(H2,20,21,23). The molecular weight excluding hydrogens is 380 g/mol. The number of hydrogen-bond donors (Lipinski definition) is 3. The minimum Gasteiger partial charge on any atom is -0.357 e. The van der Waals surface area contributed by atoms with E-state index in [9.17, 15) is 8.42 Å². The van der Waals surface area contributed by atoms with Gasteiger partial charge in [0, 0.05) is 25.0 Å². The zero-order valence-corrected chi connectivity index (χ0v) is 17.6. The smallest absolute Gasteiger partial charge is 0.250 e. The van der Waals surface area contributed by atoms with E-state index in [0.29, 0.717) is 22.6 Å². The number of rotatable bonds is 9. The second-order valence-electron chi connectivity index (χ2n) is 6.22. The van der Waals surface area contributed by atoms with Gasteiger partial charge in [-0.1, -0.05) is 43.3 Å². The minimum absolute atomic E-state index is 0.174. The van der Waals surface area contributed by atoms with Crippen LogP contribution in [0.1, 0.15) is 32.3 Å². The summed E-state index contributed by atoms with van der Waals surface area (Å²) in [5.41, 5.74) is 1.26. The molecule has 0 amide bonds. The van der Waals surface area contributed by atoms with Crippen LogP contribution in [0.25, 0.3) is 0 Å². The van der Waals surface area contributed by atoms with Crippen LogP contribution in [-0.4, -0.2) is 40.1 Å². The first-order valence-electron chi connectivity index (χ1n) is 9.07. The molecule has 0 saturated carbocycles. The van der Waals surface area contributed by atoms with Gasteiger partial charge < -0.3 is 10.6 Å². The van der Waals surface area contributed by atoms with E-state index >= 15 is 0 Å². The molecule has 27 heavy (non-hydrogen) atoms. The zero-order chi connectivity index (χ0) is 19.7. The maximum Gasteiger partial charge on any atom is 0.250 e. The van der Waals surface area contributed by atoms with Crippen molar-refractivity contribution in [1.29, 1.82) is 0 Å². The highest BCUT2D eigenvalue weighted by molar-refractivity contribution is 7.91. The van der Waals surface area contributed by atoms with Crippen LogP contribution in [0.3, 0.4) is 0 Å². The lowest BCUT2D eigenvalue weighted by Gasteiger charge is -2.24. The molecule has 0 fully saturated rings. The highest BCUT2D eigenvalue weighted by Gasteiger charge is 2.16. The number of thiophene rings is 1. The van der Waals surface area contributed by atoms with Gasteiger partial charge in [-0.3, -0.25) is 4.99 Å². The molecule has 6 nitrogen and oxygen atoms in total. The number of aliphatic imine (C=N–C) groups is 1. The van der Waals surface area contributed by atoms with Gasteiger partial charge in [-0.2, -0.15) is 0 Å². The Balaban J connectivity index is 1.90. The Labute approximate surface area is 166 Å². The van der Waals surface area contributed by atoms with Crippen LogP contribution in [0.15, 0.2) is 57.0 Å². The lowest BCUT2D eigenvalue weighted by Crippen LogP contribution is -2.44. The van der Waals surface area contributed by atoms with Gasteiger partial charge >= 0.3 is 0 Å². The van der Waals surface area contributed by atoms with Crippen molar-refractivity contribution in [2.75, 3.05) is 19.6 Å². The van der Waals surface area contributed by atoms with E-state index in [1.807, 2.05) is 25.1 Å². The van der Waals surface area contributed by atoms with E-state index in [1.54, 1.807) is 17.5 Å². The molecule has 0 aliphatic heterocycles. The molecule has 0 spiro atoms. The van der Waals surface area contributed by atoms with Crippen LogP contribution < -0.4 is 15.4 Å². The Kier molecular flexibility index (Phi) is 8.27. The summed E-state index contributed by atoms with van der Waals surface area (Å²) < 4.78 is 27.1. The van der Waals surface area contributed by atoms with Gasteiger partial charge in [0.1, 0.15) is 4.21 Å². The SMILES string of the molecule is CCNC(=NCCNS(=O)(=O)c1cccs1)NC(C)C(C)c1ccccc1. The minimum atomic E-state index is -3.44. The molecule has 1 aromatic heterocycles. The van der Waals surface area contributed by atoms with Gasteiger partial charge in [-0.25, -0.2) is 13.1 Å². The molecule has 1 heterocycles. The normalized spacial score (nSPS) is 14.6. The van der Waals surface area contributed by atoms with Crippen molar-refractivity contribution >= 4 is 27.3 Å². The Morgan fingerprint density at radius 2 is 1.89 bits per heavy atom. The molecular formula is C19H28N4O2S2. The lowest BCUT2D eigenvalue weighted by atomic mass is 9.94. The van der Waals surface area contributed by atoms with Gasteiger partial charge in [0.25, 0.3) is 0 Å². The summed E-state index contributed by atoms with van der Waals surface area (Å²) in [6.45, 7) is 7.63. The fourth-order valence-corrected chi connectivity index (χ4v) is 4.60. The van der Waals surface area contributed by atoms with Gasteiger partial charge in [0.05, 0.1) is 6.54 Å². The van der Waals surface area contributed by atoms with Gasteiger partial charge in [-0.05, 0) is 30.9 Å². The lowest BCUT2D eigenvalue weighted by molar-refractivity contribution is 0.550. The maximum atomic E-state index is 12.1. The quantitative estimate of drug-likeness (QED) is 0.338. The van der Waals surface area contributed by atoms with Crippen LogP contribution in [0.5, 0.6) is 0 Å². The molecule has 148 valence electrons. The van der Waals surface area contributed by atoms with Crippen molar-refractivity contribution in [3.8, 4) is 0 Å². The monoisotopic (exact) mass is 408 g/mol. The van der Waals surface area contributed by atoms with Crippen LogP contribution in [0, 0.1) is 0 Å². The fraction of sp³-hybridized carbons (Fsp3) is 0.421. The summed E-state index contributed by atoms with van der Waals surface area (Å²) in [5, 5.41) is 8.36. The zero-order valence-electron chi connectivity index (χ0n) is 16.0. The third-order valence-corrected chi connectivity index (χ3v) is 7.08. The fourth-order valence-electron chi connectivity index (χ4n) is 2.54. The van der Waals surface area contributed by atoms with E-state index in [0.717, 1.165) is 6.54 Å². The third kappa shape index (κ3) is 6.64. The number of hydrogen-bond acceptors (Lipinski definition) is 4. The van der Waals surface area contributed by atoms with Gasteiger partial charge in [-0.15, -0.1) is 11.3 Å². The van der Waals surface area contributed by atoms with Crippen molar-refractivity contribution < 1.29 is 8.42 Å². The average molecular weight is 409 g/mol. The number of guanidine groups is 1. The van der Waals surface area contributed by atoms with Crippen molar-refractivity contribution in [2.24, 2.45) is 4.99 Å². The van der Waals surface area contributed by atoms with Crippen molar-refractivity contribution in [3.05, 3.63) is 53.4 Å². The predicted molar refractivity (Wildman–Crippen MR) is 113 cm³/mol. The second kappa shape index (κ2) is 10.4. The molecule has 0 aliphatic carbocycles. The summed E-state index contributed by atoms with van der Waals surface area (Å²) >= 11 is 1.20. The highest BCUT2D eigenvalue weighted by Crippen LogP contribution is 2.18. The molecule has 2 unspecified atom stereocenters. The number of benzene rings is 1. The summed E-state index contributed by atoms with van der Waals surface area (Å²) in [4.78, 5) is 4.48. The van der Waals surface area contributed by atoms with Crippen molar-refractivity contribution in [1.82, 2.24) is 15.4 Å². The highest BCUT2D eigenvalue weighted by atomic mass is 32.2. The van der Waals surface area contributed by atoms with Crippen molar-refractivity contribution in [2.45, 2.75) is 36.9 Å². The van der Waals surface area contributed by atoms with E-state index in [-0.39, 0.29) is 12.6 Å². The predicted octanol–water partition coefficient (Wildman–Crippen LogP) is 2.77. The van der Waals surface area contributed by atoms with E-state index in [2.05, 4.69) is 46.3 Å². The summed E-state index contributed by atoms with van der Waals surface area (Å²) in [6.07, 6.45) is 0. The second-order valence-corrected chi connectivity index (χ2v) is 9.16. The van der Waals surface area contributed by atoms with E-state index in [1.165, 1.54) is 16.9 Å². The van der Waals surface area contributed by atoms with Crippen LogP contribution in [0.2, 0.25) is 0 Å². The first-order chi connectivity index (χ1) is 12.9. The topological polar surface area (TPSA) is 82.6 Å². The van der Waals surface area contributed by atoms with Crippen molar-refractivity contribution in [3.63, 3.8) is 0 Å². The van der Waals surface area contributed by atoms with E-state index in [4.69, 9.17) is 0 Å². The molecule has 2 rings (SSSR count). The van der Waals surface area contributed by atoms with Gasteiger partial charge in [0.15, 0.2) is 5.96 Å². The molecule has 0 saturated heterocycles. The Morgan fingerprint density at radius 3 is 2.52 bits per heavy atom. The Hall–Kier alpha value is -1.90. The largest absolute Gasteiger partial charge is 0.357 e. The molecule has 0 aliphatic rings. The van der Waals surface area contributed by atoms with Crippen LogP contribution in [-0.2, 0) is 10.0 Å². The molecule has 1 aromatic carbocycles. The maximum absolute atomic E-state index is 12.1. The summed E-state index contributed by atoms with van der Waals surface area (Å²) in [6, 6.07) is 13.8. The van der Waals surface area contributed by atoms with Crippen LogP contribution >= 0.6 is 11.3 Å². The number of sulfonamides is 1. The summed E-state index contributed by atoms with van der Waals surface area (Å²) in [7, 11) is -3.44. The third-order valence-electron chi connectivity index (χ3n) is 4.22. The first kappa shape index (κ1) is 21.4. The summed E-state index contributed by atoms with van der Waals surface area (Å²) in [5.74, 6) is 0.996. The number of nitrogens with zero attached hydrogens (tertiary/aromatic N) is 1. The number of nitrogens with one attached hydrogen (secondary N) is 3. The molecule has 8 heteroatoms. The molecule has 2 atom stereocenters. The van der Waals surface area contributed by atoms with E-state index < -0.39 is 10.0 Å². The average Bonchev–Trinajstić information content (AvgIpc) is 3.21. The van der Waals surface area contributed by atoms with Crippen LogP contribution in [0.4, 0.5) is 0 Å². The first-order valence-corrected chi connectivity index (χ1v) is 11.4. The molecule has 0 radical (unpaired) electrons. The molecule has 0 bridgehead atoms. The molecule has 3 N–H and O–H groups in total. The Morgan fingerprint density at radius 1 is 1.15 bits per heavy atom. The van der Waals surface area contributed by atoms with Gasteiger partial charge in [0.2, 0.25) is 10.0 Å². The molecule has 2 aromatic rings.